The molecule has 0 aliphatic rings. The molecule has 7 nitrogen and oxygen atoms in total. The van der Waals surface area contributed by atoms with Crippen molar-refractivity contribution in [3.05, 3.63) is 48.0 Å². The summed E-state index contributed by atoms with van der Waals surface area (Å²) in [6.07, 6.45) is 2.66. The van der Waals surface area contributed by atoms with Gasteiger partial charge in [-0.15, -0.1) is 34.2 Å². The molecule has 29 heavy (non-hydrogen) atoms. The third-order valence-electron chi connectivity index (χ3n) is 4.54. The molecule has 1 unspecified atom stereocenters. The van der Waals surface area contributed by atoms with E-state index in [2.05, 4.69) is 89.6 Å². The average Bonchev–Trinajstić information content (AvgIpc) is 3.14. The molecule has 1 atom stereocenters. The van der Waals surface area contributed by atoms with Gasteiger partial charge in [-0.25, -0.2) is 0 Å². The zero-order valence-corrected chi connectivity index (χ0v) is 20.6. The molecule has 8 heteroatoms. The van der Waals surface area contributed by atoms with Gasteiger partial charge in [0.1, 0.15) is 12.2 Å². The molecule has 0 saturated carbocycles. The maximum absolute atomic E-state index is 4.78. The number of aliphatic imine (C=N–C) groups is 1. The smallest absolute Gasteiger partial charge is 0.191 e. The zero-order chi connectivity index (χ0) is 20.4. The lowest BCUT2D eigenvalue weighted by Gasteiger charge is -2.29. The fraction of sp³-hybridized carbons (Fsp3) is 0.571. The minimum absolute atomic E-state index is 0. The van der Waals surface area contributed by atoms with E-state index in [1.165, 1.54) is 5.56 Å². The third kappa shape index (κ3) is 8.69. The van der Waals surface area contributed by atoms with Crippen LogP contribution in [0.25, 0.3) is 0 Å². The van der Waals surface area contributed by atoms with Crippen LogP contribution in [0.15, 0.2) is 41.7 Å². The average molecular weight is 513 g/mol. The van der Waals surface area contributed by atoms with Gasteiger partial charge in [-0.2, -0.15) is 0 Å². The minimum atomic E-state index is -0.124. The van der Waals surface area contributed by atoms with Gasteiger partial charge in [0.25, 0.3) is 0 Å². The van der Waals surface area contributed by atoms with Gasteiger partial charge in [-0.3, -0.25) is 4.99 Å². The Morgan fingerprint density at radius 1 is 1.17 bits per heavy atom. The fourth-order valence-corrected chi connectivity index (χ4v) is 3.11. The Morgan fingerprint density at radius 2 is 1.90 bits per heavy atom. The number of benzene rings is 1. The van der Waals surface area contributed by atoms with Gasteiger partial charge < -0.3 is 20.5 Å². The molecule has 1 heterocycles. The molecule has 162 valence electrons. The van der Waals surface area contributed by atoms with Gasteiger partial charge in [0, 0.05) is 37.6 Å². The van der Waals surface area contributed by atoms with Crippen molar-refractivity contribution < 1.29 is 0 Å². The van der Waals surface area contributed by atoms with Crippen LogP contribution in [0.4, 0.5) is 0 Å². The van der Waals surface area contributed by atoms with Crippen molar-refractivity contribution in [3.63, 3.8) is 0 Å². The number of aryl methyl sites for hydroxylation is 1. The van der Waals surface area contributed by atoms with Gasteiger partial charge >= 0.3 is 0 Å². The largest absolute Gasteiger partial charge is 0.357 e. The molecular formula is C21H36IN7. The molecule has 0 amide bonds. The third-order valence-corrected chi connectivity index (χ3v) is 4.54. The van der Waals surface area contributed by atoms with Crippen LogP contribution in [-0.2, 0) is 13.0 Å². The first-order chi connectivity index (χ1) is 13.4. The Bertz CT molecular complexity index is 728. The predicted octanol–water partition coefficient (Wildman–Crippen LogP) is 3.14. The summed E-state index contributed by atoms with van der Waals surface area (Å²) >= 11 is 0. The summed E-state index contributed by atoms with van der Waals surface area (Å²) in [5.41, 5.74) is 1.16. The Kier molecular flexibility index (Phi) is 11.2. The lowest BCUT2D eigenvalue weighted by Crippen LogP contribution is -2.45. The first kappa shape index (κ1) is 25.4. The lowest BCUT2D eigenvalue weighted by atomic mass is 10.0. The molecule has 1 aromatic heterocycles. The first-order valence-electron chi connectivity index (χ1n) is 10.2. The van der Waals surface area contributed by atoms with E-state index in [-0.39, 0.29) is 35.6 Å². The van der Waals surface area contributed by atoms with Gasteiger partial charge in [0.15, 0.2) is 5.96 Å². The number of nitrogens with zero attached hydrogens (tertiary/aromatic N) is 4. The van der Waals surface area contributed by atoms with E-state index < -0.39 is 0 Å². The van der Waals surface area contributed by atoms with Crippen molar-refractivity contribution in [2.24, 2.45) is 4.99 Å². The van der Waals surface area contributed by atoms with Crippen molar-refractivity contribution in [2.75, 3.05) is 19.6 Å². The second kappa shape index (κ2) is 12.8. The van der Waals surface area contributed by atoms with Crippen LogP contribution in [0, 0.1) is 0 Å². The van der Waals surface area contributed by atoms with E-state index in [1.54, 1.807) is 6.33 Å². The van der Waals surface area contributed by atoms with Crippen molar-refractivity contribution in [1.82, 2.24) is 30.7 Å². The molecule has 2 aromatic rings. The van der Waals surface area contributed by atoms with E-state index in [1.807, 2.05) is 6.07 Å². The second-order valence-electron chi connectivity index (χ2n) is 7.58. The van der Waals surface area contributed by atoms with E-state index >= 15 is 0 Å². The second-order valence-corrected chi connectivity index (χ2v) is 7.58. The van der Waals surface area contributed by atoms with Crippen molar-refractivity contribution in [2.45, 2.75) is 59.2 Å². The summed E-state index contributed by atoms with van der Waals surface area (Å²) in [5.74, 6) is 1.83. The standard InChI is InChI=1S/C21H35N7.HI/c1-6-19-27-25-16-28(19)14-13-23-20(22-7-2)24-15-21(4,5)26-17(3)18-11-9-8-10-12-18;/h8-12,16-17,26H,6-7,13-15H2,1-5H3,(H2,22,23,24);1H. The van der Waals surface area contributed by atoms with Gasteiger partial charge in [-0.05, 0) is 33.3 Å². The monoisotopic (exact) mass is 513 g/mol. The quantitative estimate of drug-likeness (QED) is 0.259. The number of hydrogen-bond acceptors (Lipinski definition) is 4. The highest BCUT2D eigenvalue weighted by Gasteiger charge is 2.20. The molecule has 0 radical (unpaired) electrons. The van der Waals surface area contributed by atoms with Crippen molar-refractivity contribution in [1.29, 1.82) is 0 Å². The van der Waals surface area contributed by atoms with E-state index in [0.717, 1.165) is 37.8 Å². The van der Waals surface area contributed by atoms with Crippen LogP contribution in [0.3, 0.4) is 0 Å². The normalized spacial score (nSPS) is 12.9. The van der Waals surface area contributed by atoms with E-state index in [4.69, 9.17) is 4.99 Å². The molecule has 0 bridgehead atoms. The predicted molar refractivity (Wildman–Crippen MR) is 131 cm³/mol. The molecule has 0 aliphatic heterocycles. The number of guanidine groups is 1. The highest BCUT2D eigenvalue weighted by Crippen LogP contribution is 2.16. The molecule has 1 aromatic carbocycles. The van der Waals surface area contributed by atoms with Crippen LogP contribution in [0.2, 0.25) is 0 Å². The molecule has 0 fully saturated rings. The summed E-state index contributed by atoms with van der Waals surface area (Å²) in [7, 11) is 0. The summed E-state index contributed by atoms with van der Waals surface area (Å²) in [4.78, 5) is 4.78. The van der Waals surface area contributed by atoms with Crippen LogP contribution >= 0.6 is 24.0 Å². The first-order valence-corrected chi connectivity index (χ1v) is 10.2. The molecular weight excluding hydrogens is 477 g/mol. The van der Waals surface area contributed by atoms with Crippen LogP contribution in [0.5, 0.6) is 0 Å². The zero-order valence-electron chi connectivity index (χ0n) is 18.3. The number of rotatable bonds is 10. The van der Waals surface area contributed by atoms with E-state index in [9.17, 15) is 0 Å². The van der Waals surface area contributed by atoms with Crippen molar-refractivity contribution >= 4 is 29.9 Å². The summed E-state index contributed by atoms with van der Waals surface area (Å²) < 4.78 is 2.07. The highest BCUT2D eigenvalue weighted by atomic mass is 127. The lowest BCUT2D eigenvalue weighted by molar-refractivity contribution is 0.356. The Balaban J connectivity index is 0.00000420. The Labute approximate surface area is 192 Å². The fourth-order valence-electron chi connectivity index (χ4n) is 3.11. The number of halogens is 1. The number of aromatic nitrogens is 3. The van der Waals surface area contributed by atoms with Gasteiger partial charge in [0.05, 0.1) is 6.54 Å². The number of nitrogens with one attached hydrogen (secondary N) is 3. The molecule has 0 saturated heterocycles. The van der Waals surface area contributed by atoms with Crippen LogP contribution in [0.1, 0.15) is 52.0 Å². The van der Waals surface area contributed by atoms with Gasteiger partial charge in [-0.1, -0.05) is 37.3 Å². The molecule has 0 aliphatic carbocycles. The van der Waals surface area contributed by atoms with Gasteiger partial charge in [0.2, 0.25) is 0 Å². The van der Waals surface area contributed by atoms with Crippen molar-refractivity contribution in [3.8, 4) is 0 Å². The topological polar surface area (TPSA) is 79.2 Å². The Hall–Kier alpha value is -1.68. The van der Waals surface area contributed by atoms with Crippen LogP contribution < -0.4 is 16.0 Å². The maximum atomic E-state index is 4.78. The Morgan fingerprint density at radius 3 is 2.55 bits per heavy atom. The summed E-state index contributed by atoms with van der Waals surface area (Å²) in [6, 6.07) is 10.8. The minimum Gasteiger partial charge on any atom is -0.357 e. The molecule has 0 spiro atoms. The molecule has 3 N–H and O–H groups in total. The summed E-state index contributed by atoms with van der Waals surface area (Å²) in [6.45, 7) is 13.8. The molecule has 2 rings (SSSR count). The highest BCUT2D eigenvalue weighted by molar-refractivity contribution is 14.0. The van der Waals surface area contributed by atoms with E-state index in [0.29, 0.717) is 6.54 Å². The maximum Gasteiger partial charge on any atom is 0.191 e. The summed E-state index contributed by atoms with van der Waals surface area (Å²) in [5, 5.41) is 18.5. The van der Waals surface area contributed by atoms with Crippen LogP contribution in [-0.4, -0.2) is 45.9 Å². The number of hydrogen-bond donors (Lipinski definition) is 3. The SMILES string of the molecule is CCNC(=NCC(C)(C)NC(C)c1ccccc1)NCCn1cnnc1CC.I.